The summed E-state index contributed by atoms with van der Waals surface area (Å²) in [5.74, 6) is 0.315. The van der Waals surface area contributed by atoms with Crippen LogP contribution >= 0.6 is 30.9 Å². The minimum atomic E-state index is -3.73. The highest BCUT2D eigenvalue weighted by atomic mass is 35.5. The lowest BCUT2D eigenvalue weighted by Gasteiger charge is -2.27. The number of sulfone groups is 1. The van der Waals surface area contributed by atoms with Gasteiger partial charge in [0.15, 0.2) is 9.84 Å². The first-order valence-corrected chi connectivity index (χ1v) is 9.90. The van der Waals surface area contributed by atoms with Crippen molar-refractivity contribution in [1.82, 2.24) is 4.67 Å². The highest BCUT2D eigenvalue weighted by molar-refractivity contribution is 7.92. The van der Waals surface area contributed by atoms with Crippen molar-refractivity contribution in [2.75, 3.05) is 37.7 Å². The van der Waals surface area contributed by atoms with Crippen molar-refractivity contribution in [3.8, 4) is 0 Å². The Morgan fingerprint density at radius 3 is 2.16 bits per heavy atom. The molecule has 0 bridgehead atoms. The molecular formula is C8H17Cl2N2O5PS. The molecule has 0 fully saturated rings. The predicted molar refractivity (Wildman–Crippen MR) is 75.5 cm³/mol. The van der Waals surface area contributed by atoms with Crippen molar-refractivity contribution in [2.45, 2.75) is 5.25 Å². The fraction of sp³-hybridized carbons (Fsp3) is 0.875. The number of halogens is 2. The second-order valence-corrected chi connectivity index (χ2v) is 8.67. The minimum Gasteiger partial charge on any atom is -0.304 e. The van der Waals surface area contributed by atoms with Gasteiger partial charge < -0.3 is 9.32 Å². The largest absolute Gasteiger partial charge is 0.340 e. The molecule has 0 saturated carbocycles. The van der Waals surface area contributed by atoms with E-state index in [1.54, 1.807) is 0 Å². The van der Waals surface area contributed by atoms with Crippen molar-refractivity contribution < 1.29 is 22.3 Å². The Hall–Kier alpha value is 0.310. The quantitative estimate of drug-likeness (QED) is 0.345. The predicted octanol–water partition coefficient (Wildman–Crippen LogP) is 0.461. The number of carbonyl (C=O) groups is 1. The van der Waals surface area contributed by atoms with Gasteiger partial charge in [-0.15, -0.1) is 23.2 Å². The van der Waals surface area contributed by atoms with Gasteiger partial charge in [0.05, 0.1) is 6.61 Å². The van der Waals surface area contributed by atoms with Crippen LogP contribution in [0.25, 0.3) is 0 Å². The molecule has 0 aliphatic rings. The summed E-state index contributed by atoms with van der Waals surface area (Å²) in [4.78, 5) is 10.6. The molecule has 0 spiro atoms. The number of hydrogen-bond donors (Lipinski definition) is 1. The van der Waals surface area contributed by atoms with E-state index in [4.69, 9.17) is 33.2 Å². The lowest BCUT2D eigenvalue weighted by molar-refractivity contribution is -0.107. The molecule has 0 amide bonds. The Labute approximate surface area is 122 Å². The van der Waals surface area contributed by atoms with Crippen LogP contribution in [0.2, 0.25) is 0 Å². The highest BCUT2D eigenvalue weighted by Gasteiger charge is 2.30. The van der Waals surface area contributed by atoms with Crippen molar-refractivity contribution in [2.24, 2.45) is 5.50 Å². The van der Waals surface area contributed by atoms with E-state index in [9.17, 15) is 17.8 Å². The Balaban J connectivity index is 4.74. The summed E-state index contributed by atoms with van der Waals surface area (Å²) in [5.41, 5.74) is 5.51. The maximum atomic E-state index is 12.1. The van der Waals surface area contributed by atoms with Crippen molar-refractivity contribution in [1.29, 1.82) is 0 Å². The Kier molecular flexibility index (Phi) is 8.70. The average molecular weight is 355 g/mol. The van der Waals surface area contributed by atoms with Gasteiger partial charge in [-0.1, -0.05) is 0 Å². The Morgan fingerprint density at radius 1 is 1.37 bits per heavy atom. The molecule has 0 aliphatic heterocycles. The lowest BCUT2D eigenvalue weighted by atomic mass is 10.5. The van der Waals surface area contributed by atoms with Crippen LogP contribution in [0.15, 0.2) is 0 Å². The number of hydrogen-bond acceptors (Lipinski definition) is 5. The van der Waals surface area contributed by atoms with E-state index in [0.29, 0.717) is 0 Å². The van der Waals surface area contributed by atoms with Crippen molar-refractivity contribution >= 4 is 47.0 Å². The monoisotopic (exact) mass is 354 g/mol. The second kappa shape index (κ2) is 8.56. The first-order chi connectivity index (χ1) is 8.69. The van der Waals surface area contributed by atoms with Gasteiger partial charge in [-0.25, -0.2) is 18.6 Å². The third kappa shape index (κ3) is 7.04. The maximum absolute atomic E-state index is 12.1. The van der Waals surface area contributed by atoms with Crippen LogP contribution in [0.4, 0.5) is 0 Å². The van der Waals surface area contributed by atoms with Crippen LogP contribution in [0.5, 0.6) is 0 Å². The van der Waals surface area contributed by atoms with Gasteiger partial charge in [0.1, 0.15) is 11.5 Å². The third-order valence-corrected chi connectivity index (χ3v) is 5.60. The first-order valence-electron chi connectivity index (χ1n) is 5.23. The molecule has 2 unspecified atom stereocenters. The van der Waals surface area contributed by atoms with E-state index >= 15 is 0 Å². The molecule has 0 aromatic carbocycles. The van der Waals surface area contributed by atoms with Gasteiger partial charge in [0.25, 0.3) is 0 Å². The standard InChI is InChI=1S/C8H17Cl2N2O5PS/c1-19(15,16)8(6-13)7-17-18(11,14)12(4-2-9)5-3-10/h6,8H,2-5,7H2,1H3,(H2,11,14). The van der Waals surface area contributed by atoms with Gasteiger partial charge in [0, 0.05) is 31.1 Å². The number of nitrogens with zero attached hydrogens (tertiary/aromatic N) is 1. The summed E-state index contributed by atoms with van der Waals surface area (Å²) < 4.78 is 40.6. The number of nitrogens with two attached hydrogens (primary N) is 1. The number of alkyl halides is 2. The van der Waals surface area contributed by atoms with E-state index in [2.05, 4.69) is 0 Å². The molecule has 7 nitrogen and oxygen atoms in total. The van der Waals surface area contributed by atoms with Crippen LogP contribution in [-0.2, 0) is 23.7 Å². The molecule has 114 valence electrons. The Bertz CT molecular complexity index is 427. The fourth-order valence-corrected chi connectivity index (χ4v) is 3.67. The molecule has 0 aromatic heterocycles. The fourth-order valence-electron chi connectivity index (χ4n) is 1.11. The van der Waals surface area contributed by atoms with Gasteiger partial charge in [-0.05, 0) is 0 Å². The third-order valence-electron chi connectivity index (χ3n) is 2.20. The SMILES string of the molecule is CS(=O)(=O)C(C=O)COP(N)(=O)N(CCCl)CCCl. The van der Waals surface area contributed by atoms with Gasteiger partial charge in [0.2, 0.25) is 0 Å². The Morgan fingerprint density at radius 2 is 1.84 bits per heavy atom. The number of aldehydes is 1. The number of rotatable bonds is 10. The molecule has 0 heterocycles. The molecule has 0 aliphatic carbocycles. The van der Waals surface area contributed by atoms with Gasteiger partial charge in [-0.3, -0.25) is 4.57 Å². The van der Waals surface area contributed by atoms with Crippen molar-refractivity contribution in [3.63, 3.8) is 0 Å². The van der Waals surface area contributed by atoms with E-state index in [-0.39, 0.29) is 31.1 Å². The smallest absolute Gasteiger partial charge is 0.304 e. The molecule has 0 aromatic rings. The van der Waals surface area contributed by atoms with Crippen LogP contribution in [0.3, 0.4) is 0 Å². The van der Waals surface area contributed by atoms with Crippen molar-refractivity contribution in [3.05, 3.63) is 0 Å². The van der Waals surface area contributed by atoms with Crippen LogP contribution in [-0.4, -0.2) is 62.3 Å². The van der Waals surface area contributed by atoms with Crippen LogP contribution in [0, 0.1) is 0 Å². The lowest BCUT2D eigenvalue weighted by Crippen LogP contribution is -2.33. The molecule has 11 heteroatoms. The molecule has 2 N–H and O–H groups in total. The van der Waals surface area contributed by atoms with Crippen LogP contribution < -0.4 is 5.50 Å². The molecule has 0 radical (unpaired) electrons. The summed E-state index contributed by atoms with van der Waals surface area (Å²) in [6.45, 7) is -0.226. The van der Waals surface area contributed by atoms with E-state index < -0.39 is 29.4 Å². The van der Waals surface area contributed by atoms with Crippen LogP contribution in [0.1, 0.15) is 0 Å². The van der Waals surface area contributed by atoms with E-state index in [1.807, 2.05) is 0 Å². The van der Waals surface area contributed by atoms with Gasteiger partial charge in [-0.2, -0.15) is 0 Å². The summed E-state index contributed by atoms with van der Waals surface area (Å²) in [7, 11) is -7.36. The van der Waals surface area contributed by atoms with Gasteiger partial charge >= 0.3 is 7.67 Å². The summed E-state index contributed by atoms with van der Waals surface area (Å²) in [5, 5.41) is -1.40. The van der Waals surface area contributed by atoms with E-state index in [0.717, 1.165) is 6.26 Å². The molecule has 2 atom stereocenters. The summed E-state index contributed by atoms with van der Waals surface area (Å²) in [6, 6.07) is 0. The first kappa shape index (κ1) is 19.3. The topological polar surface area (TPSA) is 107 Å². The normalized spacial score (nSPS) is 17.1. The molecule has 19 heavy (non-hydrogen) atoms. The average Bonchev–Trinajstić information content (AvgIpc) is 2.27. The molecule has 0 saturated heterocycles. The zero-order chi connectivity index (χ0) is 15.1. The summed E-state index contributed by atoms with van der Waals surface area (Å²) >= 11 is 11.1. The highest BCUT2D eigenvalue weighted by Crippen LogP contribution is 2.42. The zero-order valence-corrected chi connectivity index (χ0v) is 13.6. The van der Waals surface area contributed by atoms with E-state index in [1.165, 1.54) is 4.67 Å². The minimum absolute atomic E-state index is 0.157. The second-order valence-electron chi connectivity index (χ2n) is 3.70. The zero-order valence-electron chi connectivity index (χ0n) is 10.4. The molecule has 0 rings (SSSR count). The maximum Gasteiger partial charge on any atom is 0.340 e. The number of carbonyl (C=O) groups excluding carboxylic acids is 1. The summed E-state index contributed by atoms with van der Waals surface area (Å²) in [6.07, 6.45) is 1.09. The molecular weight excluding hydrogens is 338 g/mol.